The van der Waals surface area contributed by atoms with Crippen LogP contribution in [0.3, 0.4) is 0 Å². The van der Waals surface area contributed by atoms with Gasteiger partial charge >= 0.3 is 0 Å². The fraction of sp³-hybridized carbons (Fsp3) is 0.294. The number of hydrogen-bond donors (Lipinski definition) is 2. The zero-order valence-electron chi connectivity index (χ0n) is 12.7. The Hall–Kier alpha value is -2.76. The number of fused-ring (bicyclic) bond motifs is 1. The quantitative estimate of drug-likeness (QED) is 0.850. The van der Waals surface area contributed by atoms with Crippen LogP contribution in [-0.4, -0.2) is 29.5 Å². The van der Waals surface area contributed by atoms with Gasteiger partial charge in [0, 0.05) is 43.7 Å². The lowest BCUT2D eigenvalue weighted by atomic mass is 10.0. The highest BCUT2D eigenvalue weighted by Gasteiger charge is 2.15. The fourth-order valence-electron chi connectivity index (χ4n) is 2.48. The zero-order chi connectivity index (χ0) is 16.1. The molecule has 0 unspecified atom stereocenters. The predicted molar refractivity (Wildman–Crippen MR) is 86.3 cm³/mol. The molecular weight excluding hydrogens is 294 g/mol. The van der Waals surface area contributed by atoms with Crippen LogP contribution in [0, 0.1) is 0 Å². The van der Waals surface area contributed by atoms with E-state index < -0.39 is 0 Å². The molecule has 0 fully saturated rings. The molecule has 6 nitrogen and oxygen atoms in total. The van der Waals surface area contributed by atoms with Crippen LogP contribution in [0.15, 0.2) is 42.7 Å². The second-order valence-electron chi connectivity index (χ2n) is 5.43. The SMILES string of the molecule is O=C(COc1ccc2c(c1)NC(=O)CC2)NCCn1cccc1. The standard InChI is InChI=1S/C17H19N3O3/c21-16-6-4-13-3-5-14(11-15(13)19-16)23-12-17(22)18-7-10-20-8-1-2-9-20/h1-3,5,8-9,11H,4,6-7,10,12H2,(H,18,22)(H,19,21). The van der Waals surface area contributed by atoms with Crippen molar-refractivity contribution in [3.63, 3.8) is 0 Å². The molecule has 0 radical (unpaired) electrons. The lowest BCUT2D eigenvalue weighted by molar-refractivity contribution is -0.123. The minimum Gasteiger partial charge on any atom is -0.484 e. The van der Waals surface area contributed by atoms with Crippen molar-refractivity contribution in [3.05, 3.63) is 48.3 Å². The highest BCUT2D eigenvalue weighted by Crippen LogP contribution is 2.26. The Morgan fingerprint density at radius 3 is 2.91 bits per heavy atom. The third kappa shape index (κ3) is 4.12. The van der Waals surface area contributed by atoms with E-state index in [4.69, 9.17) is 4.74 Å². The van der Waals surface area contributed by atoms with E-state index in [9.17, 15) is 9.59 Å². The molecule has 1 aromatic heterocycles. The molecule has 0 bridgehead atoms. The minimum atomic E-state index is -0.168. The van der Waals surface area contributed by atoms with E-state index in [1.54, 1.807) is 6.07 Å². The molecule has 2 amide bonds. The van der Waals surface area contributed by atoms with Crippen molar-refractivity contribution in [2.24, 2.45) is 0 Å². The lowest BCUT2D eigenvalue weighted by Gasteiger charge is -2.17. The molecule has 0 saturated heterocycles. The molecule has 23 heavy (non-hydrogen) atoms. The Balaban J connectivity index is 1.45. The van der Waals surface area contributed by atoms with Crippen LogP contribution >= 0.6 is 0 Å². The van der Waals surface area contributed by atoms with Crippen molar-refractivity contribution >= 4 is 17.5 Å². The van der Waals surface area contributed by atoms with Gasteiger partial charge in [-0.3, -0.25) is 9.59 Å². The maximum Gasteiger partial charge on any atom is 0.258 e. The van der Waals surface area contributed by atoms with Crippen LogP contribution < -0.4 is 15.4 Å². The molecule has 1 aliphatic rings. The molecule has 6 heteroatoms. The molecular formula is C17H19N3O3. The van der Waals surface area contributed by atoms with Crippen molar-refractivity contribution in [3.8, 4) is 5.75 Å². The van der Waals surface area contributed by atoms with Gasteiger partial charge in [0.05, 0.1) is 0 Å². The first kappa shape index (κ1) is 15.1. The lowest BCUT2D eigenvalue weighted by Crippen LogP contribution is -2.31. The molecule has 2 aromatic rings. The number of hydrogen-bond acceptors (Lipinski definition) is 3. The van der Waals surface area contributed by atoms with Crippen LogP contribution in [0.2, 0.25) is 0 Å². The molecule has 3 rings (SSSR count). The summed E-state index contributed by atoms with van der Waals surface area (Å²) < 4.78 is 7.48. The van der Waals surface area contributed by atoms with E-state index in [0.717, 1.165) is 24.2 Å². The van der Waals surface area contributed by atoms with Gasteiger partial charge in [0.25, 0.3) is 5.91 Å². The van der Waals surface area contributed by atoms with Gasteiger partial charge in [0.2, 0.25) is 5.91 Å². The van der Waals surface area contributed by atoms with Crippen molar-refractivity contribution in [2.75, 3.05) is 18.5 Å². The van der Waals surface area contributed by atoms with Crippen LogP contribution in [-0.2, 0) is 22.6 Å². The highest BCUT2D eigenvalue weighted by molar-refractivity contribution is 5.94. The normalized spacial score (nSPS) is 13.1. The van der Waals surface area contributed by atoms with Gasteiger partial charge in [0.15, 0.2) is 6.61 Å². The number of carbonyl (C=O) groups excluding carboxylic acids is 2. The molecule has 1 aliphatic heterocycles. The average Bonchev–Trinajstić information content (AvgIpc) is 3.06. The summed E-state index contributed by atoms with van der Waals surface area (Å²) >= 11 is 0. The van der Waals surface area contributed by atoms with E-state index in [2.05, 4.69) is 10.6 Å². The van der Waals surface area contributed by atoms with Crippen LogP contribution in [0.5, 0.6) is 5.75 Å². The smallest absolute Gasteiger partial charge is 0.258 e. The number of anilines is 1. The van der Waals surface area contributed by atoms with Gasteiger partial charge in [-0.05, 0) is 30.2 Å². The summed E-state index contributed by atoms with van der Waals surface area (Å²) in [5, 5.41) is 5.62. The van der Waals surface area contributed by atoms with Crippen LogP contribution in [0.4, 0.5) is 5.69 Å². The molecule has 120 valence electrons. The van der Waals surface area contributed by atoms with Crippen molar-refractivity contribution in [1.82, 2.24) is 9.88 Å². The van der Waals surface area contributed by atoms with Crippen molar-refractivity contribution < 1.29 is 14.3 Å². The minimum absolute atomic E-state index is 0.0115. The van der Waals surface area contributed by atoms with E-state index in [-0.39, 0.29) is 18.4 Å². The number of carbonyl (C=O) groups is 2. The van der Waals surface area contributed by atoms with Gasteiger partial charge in [-0.15, -0.1) is 0 Å². The Morgan fingerprint density at radius 2 is 2.09 bits per heavy atom. The molecule has 0 aliphatic carbocycles. The molecule has 2 N–H and O–H groups in total. The number of ether oxygens (including phenoxy) is 1. The fourth-order valence-corrected chi connectivity index (χ4v) is 2.48. The number of rotatable bonds is 6. The van der Waals surface area contributed by atoms with E-state index in [1.807, 2.05) is 41.2 Å². The Kier molecular flexibility index (Phi) is 4.61. The summed E-state index contributed by atoms with van der Waals surface area (Å²) in [6.45, 7) is 1.24. The average molecular weight is 313 g/mol. The van der Waals surface area contributed by atoms with Crippen LogP contribution in [0.1, 0.15) is 12.0 Å². The Labute approximate surface area is 134 Å². The Bertz CT molecular complexity index is 695. The van der Waals surface area contributed by atoms with Crippen LogP contribution in [0.25, 0.3) is 0 Å². The third-order valence-electron chi connectivity index (χ3n) is 3.71. The van der Waals surface area contributed by atoms with E-state index in [1.165, 1.54) is 0 Å². The largest absolute Gasteiger partial charge is 0.484 e. The number of aryl methyl sites for hydroxylation is 1. The van der Waals surface area contributed by atoms with Gasteiger partial charge in [-0.25, -0.2) is 0 Å². The predicted octanol–water partition coefficient (Wildman–Crippen LogP) is 1.57. The summed E-state index contributed by atoms with van der Waals surface area (Å²) in [6.07, 6.45) is 5.15. The molecule has 0 spiro atoms. The van der Waals surface area contributed by atoms with Gasteiger partial charge in [-0.2, -0.15) is 0 Å². The maximum absolute atomic E-state index is 11.8. The summed E-state index contributed by atoms with van der Waals surface area (Å²) in [4.78, 5) is 23.2. The Morgan fingerprint density at radius 1 is 1.26 bits per heavy atom. The summed E-state index contributed by atoms with van der Waals surface area (Å²) in [6, 6.07) is 9.40. The summed E-state index contributed by atoms with van der Waals surface area (Å²) in [5.41, 5.74) is 1.86. The second kappa shape index (κ2) is 7.00. The number of nitrogens with one attached hydrogen (secondary N) is 2. The molecule has 2 heterocycles. The zero-order valence-corrected chi connectivity index (χ0v) is 12.7. The number of amides is 2. The van der Waals surface area contributed by atoms with Crippen molar-refractivity contribution in [1.29, 1.82) is 0 Å². The van der Waals surface area contributed by atoms with E-state index >= 15 is 0 Å². The number of aromatic nitrogens is 1. The van der Waals surface area contributed by atoms with Crippen molar-refractivity contribution in [2.45, 2.75) is 19.4 Å². The number of nitrogens with zero attached hydrogens (tertiary/aromatic N) is 1. The first-order valence-corrected chi connectivity index (χ1v) is 7.64. The third-order valence-corrected chi connectivity index (χ3v) is 3.71. The van der Waals surface area contributed by atoms with Gasteiger partial charge in [0.1, 0.15) is 5.75 Å². The highest BCUT2D eigenvalue weighted by atomic mass is 16.5. The summed E-state index contributed by atoms with van der Waals surface area (Å²) in [5.74, 6) is 0.419. The molecule has 0 saturated carbocycles. The first-order valence-electron chi connectivity index (χ1n) is 7.64. The van der Waals surface area contributed by atoms with E-state index in [0.29, 0.717) is 18.7 Å². The first-order chi connectivity index (χ1) is 11.2. The molecule has 0 atom stereocenters. The summed E-state index contributed by atoms with van der Waals surface area (Å²) in [7, 11) is 0. The number of benzene rings is 1. The molecule has 1 aromatic carbocycles. The second-order valence-corrected chi connectivity index (χ2v) is 5.43. The van der Waals surface area contributed by atoms with Gasteiger partial charge in [-0.1, -0.05) is 6.07 Å². The topological polar surface area (TPSA) is 72.4 Å². The van der Waals surface area contributed by atoms with Gasteiger partial charge < -0.3 is 19.9 Å². The maximum atomic E-state index is 11.8. The monoisotopic (exact) mass is 313 g/mol.